The number of hydrogen-bond acceptors (Lipinski definition) is 7. The predicted molar refractivity (Wildman–Crippen MR) is 85.7 cm³/mol. The SMILES string of the molecule is CN(C)CC1CN(/N=C/C=C/c2ccc([N+](=O)[O-])o2)C(=O)O1.Cl. The first-order chi connectivity index (χ1) is 10.5. The van der Waals surface area contributed by atoms with Crippen LogP contribution < -0.4 is 0 Å². The van der Waals surface area contributed by atoms with Crippen molar-refractivity contribution in [1.29, 1.82) is 0 Å². The van der Waals surface area contributed by atoms with Crippen molar-refractivity contribution in [2.45, 2.75) is 6.10 Å². The molecule has 1 atom stereocenters. The topological polar surface area (TPSA) is 101 Å². The first-order valence-corrected chi connectivity index (χ1v) is 6.53. The van der Waals surface area contributed by atoms with Gasteiger partial charge in [0.15, 0.2) is 0 Å². The summed E-state index contributed by atoms with van der Waals surface area (Å²) in [6, 6.07) is 2.74. The fourth-order valence-electron chi connectivity index (χ4n) is 1.89. The van der Waals surface area contributed by atoms with Gasteiger partial charge in [0.1, 0.15) is 16.8 Å². The number of carbonyl (C=O) groups is 1. The van der Waals surface area contributed by atoms with Crippen LogP contribution in [0, 0.1) is 10.1 Å². The van der Waals surface area contributed by atoms with Crippen LogP contribution in [0.2, 0.25) is 0 Å². The van der Waals surface area contributed by atoms with Crippen LogP contribution in [0.25, 0.3) is 6.08 Å². The van der Waals surface area contributed by atoms with Crippen LogP contribution in [0.1, 0.15) is 5.76 Å². The number of furan rings is 1. The summed E-state index contributed by atoms with van der Waals surface area (Å²) in [5.74, 6) is -0.00105. The van der Waals surface area contributed by atoms with E-state index in [1.54, 1.807) is 0 Å². The molecule has 1 unspecified atom stereocenters. The summed E-state index contributed by atoms with van der Waals surface area (Å²) < 4.78 is 10.1. The van der Waals surface area contributed by atoms with Crippen LogP contribution in [-0.2, 0) is 4.74 Å². The molecule has 0 N–H and O–H groups in total. The second kappa shape index (κ2) is 8.30. The molecule has 126 valence electrons. The molecule has 2 heterocycles. The number of likely N-dealkylation sites (N-methyl/N-ethyl adjacent to an activating group) is 1. The molecule has 9 nitrogen and oxygen atoms in total. The van der Waals surface area contributed by atoms with E-state index in [0.717, 1.165) is 0 Å². The van der Waals surface area contributed by atoms with Crippen LogP contribution >= 0.6 is 12.4 Å². The number of allylic oxidation sites excluding steroid dienone is 1. The Balaban J connectivity index is 0.00000264. The lowest BCUT2D eigenvalue weighted by Gasteiger charge is -2.13. The maximum absolute atomic E-state index is 11.6. The van der Waals surface area contributed by atoms with E-state index in [-0.39, 0.29) is 24.4 Å². The number of carbonyl (C=O) groups excluding carboxylic acids is 1. The molecule has 2 rings (SSSR count). The largest absolute Gasteiger partial charge is 0.441 e. The first-order valence-electron chi connectivity index (χ1n) is 6.53. The summed E-state index contributed by atoms with van der Waals surface area (Å²) in [5.41, 5.74) is 0. The van der Waals surface area contributed by atoms with Crippen molar-refractivity contribution in [3.05, 3.63) is 34.1 Å². The van der Waals surface area contributed by atoms with Crippen molar-refractivity contribution >= 4 is 36.7 Å². The summed E-state index contributed by atoms with van der Waals surface area (Å²) in [6.07, 6.45) is 3.72. The Bertz CT molecular complexity index is 613. The number of ether oxygens (including phenoxy) is 1. The number of hydrazone groups is 1. The number of nitrogens with zero attached hydrogens (tertiary/aromatic N) is 4. The van der Waals surface area contributed by atoms with Crippen molar-refractivity contribution in [2.75, 3.05) is 27.2 Å². The Hall–Kier alpha value is -2.39. The van der Waals surface area contributed by atoms with Crippen LogP contribution in [0.15, 0.2) is 27.7 Å². The van der Waals surface area contributed by atoms with Gasteiger partial charge in [-0.2, -0.15) is 10.1 Å². The Morgan fingerprint density at radius 1 is 1.52 bits per heavy atom. The van der Waals surface area contributed by atoms with E-state index in [2.05, 4.69) is 5.10 Å². The van der Waals surface area contributed by atoms with Gasteiger partial charge in [0.25, 0.3) is 0 Å². The zero-order valence-electron chi connectivity index (χ0n) is 12.6. The highest BCUT2D eigenvalue weighted by Gasteiger charge is 2.31. The number of cyclic esters (lactones) is 1. The fourth-order valence-corrected chi connectivity index (χ4v) is 1.89. The van der Waals surface area contributed by atoms with Crippen molar-refractivity contribution in [3.8, 4) is 0 Å². The number of nitro groups is 1. The molecule has 0 radical (unpaired) electrons. The van der Waals surface area contributed by atoms with E-state index < -0.39 is 11.0 Å². The van der Waals surface area contributed by atoms with Crippen LogP contribution in [0.4, 0.5) is 10.7 Å². The maximum atomic E-state index is 11.6. The van der Waals surface area contributed by atoms with E-state index in [1.165, 1.54) is 35.5 Å². The second-order valence-electron chi connectivity index (χ2n) is 4.91. The lowest BCUT2D eigenvalue weighted by atomic mass is 10.3. The van der Waals surface area contributed by atoms with Crippen molar-refractivity contribution in [2.24, 2.45) is 5.10 Å². The van der Waals surface area contributed by atoms with E-state index in [4.69, 9.17) is 9.15 Å². The van der Waals surface area contributed by atoms with Gasteiger partial charge in [-0.1, -0.05) is 0 Å². The third-order valence-electron chi connectivity index (χ3n) is 2.77. The van der Waals surface area contributed by atoms with Crippen molar-refractivity contribution in [3.63, 3.8) is 0 Å². The minimum absolute atomic E-state index is 0. The summed E-state index contributed by atoms with van der Waals surface area (Å²) in [7, 11) is 3.79. The van der Waals surface area contributed by atoms with Gasteiger partial charge in [-0.25, -0.2) is 4.79 Å². The molecule has 1 amide bonds. The zero-order valence-corrected chi connectivity index (χ0v) is 13.4. The molecule has 0 spiro atoms. The fraction of sp³-hybridized carbons (Fsp3) is 0.385. The standard InChI is InChI=1S/C13H16N4O5.ClH/c1-15(2)8-11-9-16(13(18)22-11)14-7-3-4-10-5-6-12(21-10)17(19)20;/h3-7,11H,8-9H2,1-2H3;1H/b4-3+,14-7+;. The number of hydrogen-bond donors (Lipinski definition) is 0. The van der Waals surface area contributed by atoms with E-state index in [9.17, 15) is 14.9 Å². The average Bonchev–Trinajstić information content (AvgIpc) is 3.01. The van der Waals surface area contributed by atoms with Crippen LogP contribution in [0.5, 0.6) is 0 Å². The lowest BCUT2D eigenvalue weighted by Crippen LogP contribution is -2.28. The monoisotopic (exact) mass is 344 g/mol. The molecule has 1 aromatic heterocycles. The Kier molecular flexibility index (Phi) is 6.73. The van der Waals surface area contributed by atoms with Gasteiger partial charge in [-0.3, -0.25) is 10.1 Å². The Morgan fingerprint density at radius 2 is 2.26 bits per heavy atom. The van der Waals surface area contributed by atoms with Gasteiger partial charge >= 0.3 is 12.0 Å². The zero-order chi connectivity index (χ0) is 16.1. The third-order valence-corrected chi connectivity index (χ3v) is 2.77. The summed E-state index contributed by atoms with van der Waals surface area (Å²) in [4.78, 5) is 23.3. The van der Waals surface area contributed by atoms with Crippen LogP contribution in [-0.4, -0.2) is 60.4 Å². The number of rotatable bonds is 6. The quantitative estimate of drug-likeness (QED) is 0.444. The van der Waals surface area contributed by atoms with Gasteiger partial charge in [0.2, 0.25) is 0 Å². The van der Waals surface area contributed by atoms with Crippen molar-refractivity contribution in [1.82, 2.24) is 9.91 Å². The summed E-state index contributed by atoms with van der Waals surface area (Å²) in [5, 5.41) is 15.7. The molecule has 0 aromatic carbocycles. The van der Waals surface area contributed by atoms with E-state index in [1.807, 2.05) is 19.0 Å². The molecule has 0 bridgehead atoms. The molecule has 1 saturated heterocycles. The van der Waals surface area contributed by atoms with Gasteiger partial charge in [0.05, 0.1) is 12.6 Å². The Labute approximate surface area is 138 Å². The van der Waals surface area contributed by atoms with Gasteiger partial charge in [-0.15, -0.1) is 12.4 Å². The molecule has 1 aliphatic rings. The van der Waals surface area contributed by atoms with Gasteiger partial charge in [-0.05, 0) is 32.3 Å². The predicted octanol–water partition coefficient (Wildman–Crippen LogP) is 1.99. The normalized spacial score (nSPS) is 18.0. The number of halogens is 1. The van der Waals surface area contributed by atoms with Crippen molar-refractivity contribution < 1.29 is 18.9 Å². The molecule has 1 aliphatic heterocycles. The van der Waals surface area contributed by atoms with Crippen LogP contribution in [0.3, 0.4) is 0 Å². The molecule has 10 heteroatoms. The molecule has 0 aliphatic carbocycles. The average molecular weight is 345 g/mol. The van der Waals surface area contributed by atoms with Gasteiger partial charge in [0, 0.05) is 12.8 Å². The molecule has 1 aromatic rings. The smallest absolute Gasteiger partial charge is 0.433 e. The lowest BCUT2D eigenvalue weighted by molar-refractivity contribution is -0.402. The third kappa shape index (κ3) is 5.38. The molecular weight excluding hydrogens is 328 g/mol. The summed E-state index contributed by atoms with van der Waals surface area (Å²) in [6.45, 7) is 1.01. The summed E-state index contributed by atoms with van der Waals surface area (Å²) >= 11 is 0. The highest BCUT2D eigenvalue weighted by molar-refractivity contribution is 5.85. The molecule has 23 heavy (non-hydrogen) atoms. The molecule has 1 fully saturated rings. The second-order valence-corrected chi connectivity index (χ2v) is 4.91. The first kappa shape index (κ1) is 18.7. The maximum Gasteiger partial charge on any atom is 0.433 e. The van der Waals surface area contributed by atoms with E-state index in [0.29, 0.717) is 18.8 Å². The highest BCUT2D eigenvalue weighted by atomic mass is 35.5. The number of amides is 1. The van der Waals surface area contributed by atoms with E-state index >= 15 is 0 Å². The minimum Gasteiger partial charge on any atom is -0.441 e. The minimum atomic E-state index is -0.615. The Morgan fingerprint density at radius 3 is 2.87 bits per heavy atom. The highest BCUT2D eigenvalue weighted by Crippen LogP contribution is 2.16. The molecular formula is C13H17ClN4O5. The van der Waals surface area contributed by atoms with Gasteiger partial charge < -0.3 is 14.1 Å². The molecule has 0 saturated carbocycles.